The summed E-state index contributed by atoms with van der Waals surface area (Å²) in [4.78, 5) is 12.7. The molecule has 2 fully saturated rings. The fourth-order valence-corrected chi connectivity index (χ4v) is 7.32. The molecule has 174 valence electrons. The second-order valence-electron chi connectivity index (χ2n) is 10.6. The summed E-state index contributed by atoms with van der Waals surface area (Å²) in [5.41, 5.74) is 4.51. The molecule has 0 spiro atoms. The number of ketones is 1. The van der Waals surface area contributed by atoms with Gasteiger partial charge in [-0.25, -0.2) is 8.78 Å². The lowest BCUT2D eigenvalue weighted by Crippen LogP contribution is -2.42. The van der Waals surface area contributed by atoms with Gasteiger partial charge in [0, 0.05) is 23.0 Å². The lowest BCUT2D eigenvalue weighted by atomic mass is 9.55. The zero-order chi connectivity index (χ0) is 23.6. The summed E-state index contributed by atoms with van der Waals surface area (Å²) in [7, 11) is 0. The number of benzene rings is 3. The van der Waals surface area contributed by atoms with Crippen molar-refractivity contribution in [1.29, 1.82) is 0 Å². The number of rotatable bonds is 2. The number of carbonyl (C=O) groups excluding carboxylic acids is 1. The van der Waals surface area contributed by atoms with Gasteiger partial charge in [-0.1, -0.05) is 31.2 Å². The van der Waals surface area contributed by atoms with Crippen LogP contribution in [-0.2, 0) is 11.2 Å². The summed E-state index contributed by atoms with van der Waals surface area (Å²) in [6.07, 6.45) is 5.18. The van der Waals surface area contributed by atoms with E-state index < -0.39 is 0 Å². The van der Waals surface area contributed by atoms with E-state index in [4.69, 9.17) is 0 Å². The summed E-state index contributed by atoms with van der Waals surface area (Å²) in [6.45, 7) is 2.16. The highest BCUT2D eigenvalue weighted by molar-refractivity contribution is 5.88. The number of Topliss-reactive ketones (excluding diaryl/α,β-unsaturated/α-hetero) is 1. The zero-order valence-corrected chi connectivity index (χ0v) is 19.3. The zero-order valence-electron chi connectivity index (χ0n) is 19.3. The van der Waals surface area contributed by atoms with Crippen LogP contribution in [0.25, 0.3) is 22.3 Å². The van der Waals surface area contributed by atoms with Crippen LogP contribution in [0.5, 0.6) is 5.75 Å². The Morgan fingerprint density at radius 2 is 1.62 bits per heavy atom. The van der Waals surface area contributed by atoms with E-state index in [1.54, 1.807) is 18.2 Å². The first-order valence-corrected chi connectivity index (χ1v) is 12.3. The quantitative estimate of drug-likeness (QED) is 0.434. The van der Waals surface area contributed by atoms with Crippen LogP contribution in [-0.4, -0.2) is 10.9 Å². The van der Waals surface area contributed by atoms with Crippen molar-refractivity contribution < 1.29 is 18.7 Å². The number of phenolic OH excluding ortho intramolecular Hbond substituents is 1. The predicted octanol–water partition coefficient (Wildman–Crippen LogP) is 7.43. The van der Waals surface area contributed by atoms with Gasteiger partial charge < -0.3 is 5.11 Å². The smallest absolute Gasteiger partial charge is 0.139 e. The molecular formula is C30H28F2O2. The molecule has 0 aromatic heterocycles. The van der Waals surface area contributed by atoms with Gasteiger partial charge in [-0.05, 0) is 102 Å². The van der Waals surface area contributed by atoms with Gasteiger partial charge in [0.25, 0.3) is 0 Å². The third-order valence-electron chi connectivity index (χ3n) is 8.96. The van der Waals surface area contributed by atoms with E-state index >= 15 is 0 Å². The Balaban J connectivity index is 1.56. The number of halogens is 2. The van der Waals surface area contributed by atoms with Crippen molar-refractivity contribution in [2.45, 2.75) is 51.4 Å². The van der Waals surface area contributed by atoms with Gasteiger partial charge in [-0.3, -0.25) is 4.79 Å². The van der Waals surface area contributed by atoms with E-state index in [1.165, 1.54) is 29.8 Å². The maximum Gasteiger partial charge on any atom is 0.139 e. The highest BCUT2D eigenvalue weighted by atomic mass is 19.1. The topological polar surface area (TPSA) is 37.3 Å². The summed E-state index contributed by atoms with van der Waals surface area (Å²) < 4.78 is 28.4. The van der Waals surface area contributed by atoms with E-state index in [0.717, 1.165) is 37.7 Å². The Morgan fingerprint density at radius 1 is 0.912 bits per heavy atom. The fourth-order valence-electron chi connectivity index (χ4n) is 7.32. The first-order valence-electron chi connectivity index (χ1n) is 12.3. The standard InChI is InChI=1S/C30H28F2O2/c1-30-13-12-21-22(26(30)10-11-27(30)33)8-9-23-25(21)16-24(17-4-2-6-19(31)14-17)29(34)28(23)18-5-3-7-20(32)15-18/h2-7,14-16,21-22,26,34H,8-13H2,1H3/t21-,22+,26-,30-/m0/s1. The third kappa shape index (κ3) is 3.14. The van der Waals surface area contributed by atoms with Crippen LogP contribution in [0.3, 0.4) is 0 Å². The summed E-state index contributed by atoms with van der Waals surface area (Å²) in [5, 5.41) is 11.5. The van der Waals surface area contributed by atoms with Crippen LogP contribution >= 0.6 is 0 Å². The van der Waals surface area contributed by atoms with Gasteiger partial charge in [0.2, 0.25) is 0 Å². The summed E-state index contributed by atoms with van der Waals surface area (Å²) >= 11 is 0. The number of hydrogen-bond acceptors (Lipinski definition) is 2. The number of hydrogen-bond donors (Lipinski definition) is 1. The normalized spacial score (nSPS) is 27.7. The molecule has 0 bridgehead atoms. The molecular weight excluding hydrogens is 430 g/mol. The maximum absolute atomic E-state index is 14.2. The summed E-state index contributed by atoms with van der Waals surface area (Å²) in [6, 6.07) is 14.7. The largest absolute Gasteiger partial charge is 0.507 e. The first-order chi connectivity index (χ1) is 16.4. The van der Waals surface area contributed by atoms with Gasteiger partial charge in [-0.15, -0.1) is 0 Å². The molecule has 3 aromatic carbocycles. The molecule has 0 unspecified atom stereocenters. The molecule has 6 rings (SSSR count). The van der Waals surface area contributed by atoms with Crippen LogP contribution in [0.15, 0.2) is 54.6 Å². The SMILES string of the molecule is C[C@]12CC[C@@H]3c4cc(-c5cccc(F)c5)c(O)c(-c5cccc(F)c5)c4CC[C@H]3[C@@H]1CCC2=O. The summed E-state index contributed by atoms with van der Waals surface area (Å²) in [5.74, 6) is 0.858. The molecule has 3 aliphatic rings. The molecule has 2 nitrogen and oxygen atoms in total. The Morgan fingerprint density at radius 3 is 2.35 bits per heavy atom. The molecule has 34 heavy (non-hydrogen) atoms. The molecule has 3 aromatic rings. The van der Waals surface area contributed by atoms with Crippen molar-refractivity contribution in [2.75, 3.05) is 0 Å². The molecule has 0 amide bonds. The minimum atomic E-state index is -0.363. The van der Waals surface area contributed by atoms with Crippen molar-refractivity contribution in [3.8, 4) is 28.0 Å². The molecule has 2 saturated carbocycles. The highest BCUT2D eigenvalue weighted by Crippen LogP contribution is 2.61. The molecule has 0 saturated heterocycles. The number of carbonyl (C=O) groups is 1. The van der Waals surface area contributed by atoms with Crippen LogP contribution in [0.1, 0.15) is 56.1 Å². The lowest BCUT2D eigenvalue weighted by molar-refractivity contribution is -0.129. The minimum Gasteiger partial charge on any atom is -0.507 e. The van der Waals surface area contributed by atoms with Crippen LogP contribution in [0.4, 0.5) is 8.78 Å². The number of aromatic hydroxyl groups is 1. The maximum atomic E-state index is 14.2. The molecule has 4 heteroatoms. The van der Waals surface area contributed by atoms with E-state index in [1.807, 2.05) is 12.1 Å². The van der Waals surface area contributed by atoms with Crippen LogP contribution in [0, 0.1) is 28.9 Å². The molecule has 0 radical (unpaired) electrons. The molecule has 0 aliphatic heterocycles. The monoisotopic (exact) mass is 458 g/mol. The first kappa shape index (κ1) is 21.5. The van der Waals surface area contributed by atoms with Gasteiger partial charge in [0.05, 0.1) is 0 Å². The second kappa shape index (κ2) is 7.76. The predicted molar refractivity (Wildman–Crippen MR) is 129 cm³/mol. The molecule has 1 N–H and O–H groups in total. The van der Waals surface area contributed by atoms with Crippen LogP contribution < -0.4 is 0 Å². The minimum absolute atomic E-state index is 0.0742. The average Bonchev–Trinajstić information content (AvgIpc) is 3.13. The molecule has 4 atom stereocenters. The third-order valence-corrected chi connectivity index (χ3v) is 8.96. The van der Waals surface area contributed by atoms with E-state index in [0.29, 0.717) is 46.3 Å². The Hall–Kier alpha value is -3.01. The second-order valence-corrected chi connectivity index (χ2v) is 10.6. The Bertz CT molecular complexity index is 1310. The highest BCUT2D eigenvalue weighted by Gasteiger charge is 2.54. The van der Waals surface area contributed by atoms with Crippen molar-refractivity contribution in [2.24, 2.45) is 17.3 Å². The Labute approximate surface area is 198 Å². The molecule has 3 aliphatic carbocycles. The van der Waals surface area contributed by atoms with Crippen molar-refractivity contribution in [3.05, 3.63) is 77.4 Å². The molecule has 0 heterocycles. The average molecular weight is 459 g/mol. The van der Waals surface area contributed by atoms with Gasteiger partial charge in [-0.2, -0.15) is 0 Å². The van der Waals surface area contributed by atoms with E-state index in [9.17, 15) is 18.7 Å². The van der Waals surface area contributed by atoms with Gasteiger partial charge >= 0.3 is 0 Å². The van der Waals surface area contributed by atoms with Crippen molar-refractivity contribution in [3.63, 3.8) is 0 Å². The van der Waals surface area contributed by atoms with Crippen molar-refractivity contribution in [1.82, 2.24) is 0 Å². The number of fused-ring (bicyclic) bond motifs is 5. The van der Waals surface area contributed by atoms with Crippen LogP contribution in [0.2, 0.25) is 0 Å². The van der Waals surface area contributed by atoms with Gasteiger partial charge in [0.1, 0.15) is 23.2 Å². The Kier molecular flexibility index (Phi) is 4.91. The number of phenols is 1. The lowest BCUT2D eigenvalue weighted by Gasteiger charge is -2.48. The van der Waals surface area contributed by atoms with Crippen molar-refractivity contribution >= 4 is 5.78 Å². The van der Waals surface area contributed by atoms with E-state index in [2.05, 4.69) is 6.92 Å². The van der Waals surface area contributed by atoms with Gasteiger partial charge in [0.15, 0.2) is 0 Å². The van der Waals surface area contributed by atoms with E-state index in [-0.39, 0.29) is 28.7 Å². The fraction of sp³-hybridized carbons (Fsp3) is 0.367.